The summed E-state index contributed by atoms with van der Waals surface area (Å²) in [6.07, 6.45) is -0.784. The first-order chi connectivity index (χ1) is 14.3. The molecule has 0 saturated heterocycles. The van der Waals surface area contributed by atoms with Crippen molar-refractivity contribution in [2.45, 2.75) is 20.0 Å². The van der Waals surface area contributed by atoms with E-state index in [1.807, 2.05) is 36.6 Å². The van der Waals surface area contributed by atoms with Crippen LogP contribution in [-0.4, -0.2) is 25.1 Å². The zero-order valence-electron chi connectivity index (χ0n) is 16.5. The van der Waals surface area contributed by atoms with Crippen molar-refractivity contribution in [1.29, 1.82) is 0 Å². The third-order valence-electron chi connectivity index (χ3n) is 4.38. The zero-order valence-corrected chi connectivity index (χ0v) is 19.7. The lowest BCUT2D eigenvalue weighted by Gasteiger charge is -2.16. The Morgan fingerprint density at radius 2 is 1.87 bits per heavy atom. The molecule has 0 spiro atoms. The molecule has 156 valence electrons. The van der Waals surface area contributed by atoms with E-state index in [0.29, 0.717) is 26.9 Å². The molecule has 0 radical (unpaired) electrons. The van der Waals surface area contributed by atoms with Gasteiger partial charge in [0.2, 0.25) is 0 Å². The fraction of sp³-hybridized carbons (Fsp3) is 0.182. The van der Waals surface area contributed by atoms with Gasteiger partial charge in [0.15, 0.2) is 6.10 Å². The molecule has 0 fully saturated rings. The molecular formula is C22H19BrClNO4S. The van der Waals surface area contributed by atoms with Crippen LogP contribution in [0.25, 0.3) is 11.1 Å². The van der Waals surface area contributed by atoms with Crippen molar-refractivity contribution in [3.8, 4) is 16.9 Å². The fourth-order valence-corrected chi connectivity index (χ4v) is 4.25. The number of carbonyl (C=O) groups is 2. The van der Waals surface area contributed by atoms with Gasteiger partial charge in [-0.25, -0.2) is 4.79 Å². The van der Waals surface area contributed by atoms with Crippen LogP contribution in [0.3, 0.4) is 0 Å². The first-order valence-electron chi connectivity index (χ1n) is 8.99. The molecule has 1 aromatic heterocycles. The average molecular weight is 509 g/mol. The number of methoxy groups -OCH3 is 1. The monoisotopic (exact) mass is 507 g/mol. The molecule has 1 N–H and O–H groups in total. The summed E-state index contributed by atoms with van der Waals surface area (Å²) in [6, 6.07) is 12.7. The van der Waals surface area contributed by atoms with E-state index in [2.05, 4.69) is 21.2 Å². The fourth-order valence-electron chi connectivity index (χ4n) is 2.80. The van der Waals surface area contributed by atoms with E-state index in [9.17, 15) is 9.59 Å². The second kappa shape index (κ2) is 9.64. The van der Waals surface area contributed by atoms with Gasteiger partial charge in [-0.1, -0.05) is 39.7 Å². The Balaban J connectivity index is 1.83. The summed E-state index contributed by atoms with van der Waals surface area (Å²) in [5.74, 6) is -0.331. The summed E-state index contributed by atoms with van der Waals surface area (Å²) >= 11 is 10.6. The SMILES string of the molecule is COC(=O)c1c(-c2ccc(Br)cc2)csc1NC(=O)C(C)Oc1ccc(Cl)cc1C. The van der Waals surface area contributed by atoms with Crippen LogP contribution in [0.5, 0.6) is 5.75 Å². The van der Waals surface area contributed by atoms with E-state index in [1.54, 1.807) is 25.1 Å². The summed E-state index contributed by atoms with van der Waals surface area (Å²) in [4.78, 5) is 25.2. The second-order valence-electron chi connectivity index (χ2n) is 6.51. The number of halogens is 2. The van der Waals surface area contributed by atoms with Gasteiger partial charge in [-0.3, -0.25) is 4.79 Å². The Morgan fingerprint density at radius 3 is 2.50 bits per heavy atom. The number of rotatable bonds is 6. The van der Waals surface area contributed by atoms with Crippen LogP contribution >= 0.6 is 38.9 Å². The molecule has 0 aliphatic carbocycles. The predicted octanol–water partition coefficient (Wildman–Crippen LogP) is 6.33. The van der Waals surface area contributed by atoms with Crippen LogP contribution in [0.15, 0.2) is 52.3 Å². The number of anilines is 1. The number of nitrogens with one attached hydrogen (secondary N) is 1. The smallest absolute Gasteiger partial charge is 0.341 e. The van der Waals surface area contributed by atoms with Gasteiger partial charge >= 0.3 is 5.97 Å². The van der Waals surface area contributed by atoms with E-state index in [4.69, 9.17) is 21.1 Å². The minimum absolute atomic E-state index is 0.313. The minimum atomic E-state index is -0.784. The third kappa shape index (κ3) is 5.03. The predicted molar refractivity (Wildman–Crippen MR) is 124 cm³/mol. The normalized spacial score (nSPS) is 11.6. The van der Waals surface area contributed by atoms with Gasteiger partial charge in [0, 0.05) is 20.4 Å². The van der Waals surface area contributed by atoms with E-state index >= 15 is 0 Å². The van der Waals surface area contributed by atoms with Gasteiger partial charge in [-0.2, -0.15) is 0 Å². The molecule has 5 nitrogen and oxygen atoms in total. The van der Waals surface area contributed by atoms with Crippen LogP contribution in [0.1, 0.15) is 22.8 Å². The maximum Gasteiger partial charge on any atom is 0.341 e. The van der Waals surface area contributed by atoms with E-state index in [0.717, 1.165) is 15.6 Å². The number of aryl methyl sites for hydroxylation is 1. The Labute approximate surface area is 192 Å². The number of thiophene rings is 1. The highest BCUT2D eigenvalue weighted by molar-refractivity contribution is 9.10. The summed E-state index contributed by atoms with van der Waals surface area (Å²) < 4.78 is 11.7. The van der Waals surface area contributed by atoms with Crippen molar-refractivity contribution in [2.24, 2.45) is 0 Å². The molecule has 1 unspecified atom stereocenters. The van der Waals surface area contributed by atoms with Gasteiger partial charge in [-0.15, -0.1) is 11.3 Å². The first-order valence-corrected chi connectivity index (χ1v) is 11.0. The minimum Gasteiger partial charge on any atom is -0.481 e. The van der Waals surface area contributed by atoms with Crippen molar-refractivity contribution < 1.29 is 19.1 Å². The van der Waals surface area contributed by atoms with E-state index < -0.39 is 12.1 Å². The van der Waals surface area contributed by atoms with Crippen molar-refractivity contribution in [3.05, 3.63) is 68.5 Å². The number of carbonyl (C=O) groups excluding carboxylic acids is 2. The quantitative estimate of drug-likeness (QED) is 0.395. The van der Waals surface area contributed by atoms with E-state index in [-0.39, 0.29) is 5.91 Å². The first kappa shape index (κ1) is 22.3. The zero-order chi connectivity index (χ0) is 21.8. The second-order valence-corrected chi connectivity index (χ2v) is 8.74. The van der Waals surface area contributed by atoms with Crippen LogP contribution in [0.2, 0.25) is 5.02 Å². The molecule has 0 aliphatic heterocycles. The molecule has 1 atom stereocenters. The molecule has 1 heterocycles. The highest BCUT2D eigenvalue weighted by Crippen LogP contribution is 2.36. The number of hydrogen-bond donors (Lipinski definition) is 1. The standard InChI is InChI=1S/C22H19BrClNO4S/c1-12-10-16(24)8-9-18(12)29-13(2)20(26)25-21-19(22(27)28-3)17(11-30-21)14-4-6-15(23)7-5-14/h4-11,13H,1-3H3,(H,25,26). The lowest BCUT2D eigenvalue weighted by atomic mass is 10.0. The summed E-state index contributed by atoms with van der Waals surface area (Å²) in [5.41, 5.74) is 2.67. The molecular weight excluding hydrogens is 490 g/mol. The molecule has 0 aliphatic rings. The van der Waals surface area contributed by atoms with Crippen LogP contribution in [0, 0.1) is 6.92 Å². The van der Waals surface area contributed by atoms with Gasteiger partial charge in [0.05, 0.1) is 7.11 Å². The lowest BCUT2D eigenvalue weighted by molar-refractivity contribution is -0.122. The molecule has 2 aromatic carbocycles. The summed E-state index contributed by atoms with van der Waals surface area (Å²) in [6.45, 7) is 3.50. The molecule has 3 rings (SSSR count). The van der Waals surface area contributed by atoms with Crippen molar-refractivity contribution in [2.75, 3.05) is 12.4 Å². The number of ether oxygens (including phenoxy) is 2. The van der Waals surface area contributed by atoms with Crippen LogP contribution in [-0.2, 0) is 9.53 Å². The van der Waals surface area contributed by atoms with Gasteiger partial charge in [-0.05, 0) is 55.3 Å². The maximum atomic E-state index is 12.7. The molecule has 0 bridgehead atoms. The van der Waals surface area contributed by atoms with Crippen molar-refractivity contribution in [1.82, 2.24) is 0 Å². The Bertz CT molecular complexity index is 1080. The molecule has 8 heteroatoms. The Morgan fingerprint density at radius 1 is 1.17 bits per heavy atom. The van der Waals surface area contributed by atoms with Crippen molar-refractivity contribution in [3.63, 3.8) is 0 Å². The Kier molecular flexibility index (Phi) is 7.18. The highest BCUT2D eigenvalue weighted by atomic mass is 79.9. The molecule has 3 aromatic rings. The average Bonchev–Trinajstić information content (AvgIpc) is 3.13. The summed E-state index contributed by atoms with van der Waals surface area (Å²) in [5, 5.41) is 5.62. The Hall–Kier alpha value is -2.35. The third-order valence-corrected chi connectivity index (χ3v) is 6.04. The lowest BCUT2D eigenvalue weighted by Crippen LogP contribution is -2.30. The van der Waals surface area contributed by atoms with Crippen LogP contribution in [0.4, 0.5) is 5.00 Å². The molecule has 0 saturated carbocycles. The van der Waals surface area contributed by atoms with Crippen LogP contribution < -0.4 is 10.1 Å². The van der Waals surface area contributed by atoms with E-state index in [1.165, 1.54) is 18.4 Å². The molecule has 1 amide bonds. The number of benzene rings is 2. The van der Waals surface area contributed by atoms with Gasteiger partial charge < -0.3 is 14.8 Å². The van der Waals surface area contributed by atoms with Crippen molar-refractivity contribution >= 4 is 55.7 Å². The largest absolute Gasteiger partial charge is 0.481 e. The number of esters is 1. The topological polar surface area (TPSA) is 64.6 Å². The number of hydrogen-bond acceptors (Lipinski definition) is 5. The maximum absolute atomic E-state index is 12.7. The highest BCUT2D eigenvalue weighted by Gasteiger charge is 2.24. The van der Waals surface area contributed by atoms with Gasteiger partial charge in [0.25, 0.3) is 5.91 Å². The van der Waals surface area contributed by atoms with Gasteiger partial charge in [0.1, 0.15) is 16.3 Å². The summed E-state index contributed by atoms with van der Waals surface area (Å²) in [7, 11) is 1.31. The number of amides is 1. The molecule has 30 heavy (non-hydrogen) atoms.